The standard InChI is InChI=1S/C15H24N4/c1-12(2)17-15(11-16)8-4-5-14(15)7-10-19-9-6-13(3)18-19/h6,9,12,14,17H,4-5,7-8,10H2,1-3H3. The molecule has 1 fully saturated rings. The van der Waals surface area contributed by atoms with E-state index in [2.05, 4.69) is 30.3 Å². The lowest BCUT2D eigenvalue weighted by Gasteiger charge is -2.32. The Kier molecular flexibility index (Phi) is 4.26. The van der Waals surface area contributed by atoms with Crippen molar-refractivity contribution in [1.82, 2.24) is 15.1 Å². The number of hydrogen-bond acceptors (Lipinski definition) is 3. The molecular formula is C15H24N4. The third-order valence-electron chi connectivity index (χ3n) is 4.05. The summed E-state index contributed by atoms with van der Waals surface area (Å²) in [6, 6.07) is 4.94. The predicted molar refractivity (Wildman–Crippen MR) is 75.5 cm³/mol. The van der Waals surface area contributed by atoms with Gasteiger partial charge in [-0.25, -0.2) is 0 Å². The molecule has 0 aromatic carbocycles. The first kappa shape index (κ1) is 14.1. The number of nitrogens with zero attached hydrogens (tertiary/aromatic N) is 3. The van der Waals surface area contributed by atoms with Crippen molar-refractivity contribution in [2.24, 2.45) is 5.92 Å². The topological polar surface area (TPSA) is 53.6 Å². The molecule has 1 aliphatic carbocycles. The maximum absolute atomic E-state index is 9.60. The molecule has 0 saturated heterocycles. The average Bonchev–Trinajstić information content (AvgIpc) is 2.93. The fourth-order valence-electron chi connectivity index (χ4n) is 3.23. The van der Waals surface area contributed by atoms with Crippen LogP contribution in [0.5, 0.6) is 0 Å². The molecule has 0 aliphatic heterocycles. The highest BCUT2D eigenvalue weighted by Crippen LogP contribution is 2.38. The van der Waals surface area contributed by atoms with E-state index in [4.69, 9.17) is 0 Å². The molecule has 104 valence electrons. The van der Waals surface area contributed by atoms with Crippen LogP contribution in [0.1, 0.15) is 45.2 Å². The van der Waals surface area contributed by atoms with Crippen LogP contribution in [0.15, 0.2) is 12.3 Å². The third-order valence-corrected chi connectivity index (χ3v) is 4.05. The lowest BCUT2D eigenvalue weighted by atomic mass is 9.85. The first-order valence-corrected chi connectivity index (χ1v) is 7.25. The summed E-state index contributed by atoms with van der Waals surface area (Å²) in [7, 11) is 0. The van der Waals surface area contributed by atoms with Crippen LogP contribution in [0, 0.1) is 24.2 Å². The van der Waals surface area contributed by atoms with E-state index in [-0.39, 0.29) is 5.54 Å². The molecule has 1 aromatic rings. The molecule has 0 radical (unpaired) electrons. The fraction of sp³-hybridized carbons (Fsp3) is 0.733. The minimum absolute atomic E-state index is 0.323. The van der Waals surface area contributed by atoms with Crippen LogP contribution < -0.4 is 5.32 Å². The van der Waals surface area contributed by atoms with Gasteiger partial charge in [-0.15, -0.1) is 0 Å². The van der Waals surface area contributed by atoms with Gasteiger partial charge in [-0.1, -0.05) is 6.42 Å². The Labute approximate surface area is 115 Å². The summed E-state index contributed by atoms with van der Waals surface area (Å²) in [4.78, 5) is 0. The summed E-state index contributed by atoms with van der Waals surface area (Å²) in [6.07, 6.45) is 6.32. The number of aromatic nitrogens is 2. The maximum Gasteiger partial charge on any atom is 0.109 e. The normalized spacial score (nSPS) is 26.8. The highest BCUT2D eigenvalue weighted by Gasteiger charge is 2.43. The van der Waals surface area contributed by atoms with E-state index < -0.39 is 0 Å². The molecule has 19 heavy (non-hydrogen) atoms. The molecule has 4 heteroatoms. The van der Waals surface area contributed by atoms with E-state index in [0.717, 1.165) is 37.9 Å². The minimum atomic E-state index is -0.323. The zero-order chi connectivity index (χ0) is 13.9. The van der Waals surface area contributed by atoms with E-state index in [9.17, 15) is 5.26 Å². The van der Waals surface area contributed by atoms with E-state index >= 15 is 0 Å². The van der Waals surface area contributed by atoms with Gasteiger partial charge >= 0.3 is 0 Å². The third kappa shape index (κ3) is 3.16. The molecule has 1 heterocycles. The minimum Gasteiger partial charge on any atom is -0.297 e. The van der Waals surface area contributed by atoms with Crippen molar-refractivity contribution in [2.45, 2.75) is 64.6 Å². The Balaban J connectivity index is 2.00. The molecule has 2 unspecified atom stereocenters. The first-order chi connectivity index (χ1) is 9.05. The van der Waals surface area contributed by atoms with Crippen molar-refractivity contribution in [2.75, 3.05) is 0 Å². The number of rotatable bonds is 5. The van der Waals surface area contributed by atoms with Gasteiger partial charge in [0, 0.05) is 18.8 Å². The number of nitrogens with one attached hydrogen (secondary N) is 1. The van der Waals surface area contributed by atoms with E-state index in [0.29, 0.717) is 12.0 Å². The van der Waals surface area contributed by atoms with Gasteiger partial charge < -0.3 is 0 Å². The van der Waals surface area contributed by atoms with E-state index in [1.165, 1.54) is 0 Å². The van der Waals surface area contributed by atoms with Gasteiger partial charge in [0.15, 0.2) is 0 Å². The van der Waals surface area contributed by atoms with Gasteiger partial charge in [0.25, 0.3) is 0 Å². The summed E-state index contributed by atoms with van der Waals surface area (Å²) >= 11 is 0. The predicted octanol–water partition coefficient (Wildman–Crippen LogP) is 2.64. The number of nitriles is 1. The molecule has 0 bridgehead atoms. The SMILES string of the molecule is Cc1ccn(CCC2CCCC2(C#N)NC(C)C)n1. The lowest BCUT2D eigenvalue weighted by molar-refractivity contribution is 0.269. The summed E-state index contributed by atoms with van der Waals surface area (Å²) in [5, 5.41) is 17.5. The Morgan fingerprint density at radius 1 is 1.63 bits per heavy atom. The molecule has 1 aliphatic rings. The molecule has 2 atom stereocenters. The van der Waals surface area contributed by atoms with Crippen molar-refractivity contribution >= 4 is 0 Å². The van der Waals surface area contributed by atoms with Crippen LogP contribution in [0.2, 0.25) is 0 Å². The molecular weight excluding hydrogens is 236 g/mol. The Bertz CT molecular complexity index is 457. The molecule has 4 nitrogen and oxygen atoms in total. The average molecular weight is 260 g/mol. The smallest absolute Gasteiger partial charge is 0.109 e. The molecule has 0 spiro atoms. The van der Waals surface area contributed by atoms with E-state index in [1.807, 2.05) is 23.9 Å². The monoisotopic (exact) mass is 260 g/mol. The Hall–Kier alpha value is -1.34. The second-order valence-corrected chi connectivity index (χ2v) is 5.98. The zero-order valence-electron chi connectivity index (χ0n) is 12.2. The molecule has 1 aromatic heterocycles. The van der Waals surface area contributed by atoms with Gasteiger partial charge in [0.1, 0.15) is 5.54 Å². The van der Waals surface area contributed by atoms with Crippen molar-refractivity contribution in [3.63, 3.8) is 0 Å². The summed E-state index contributed by atoms with van der Waals surface area (Å²) in [5.41, 5.74) is 0.731. The number of aryl methyl sites for hydroxylation is 2. The first-order valence-electron chi connectivity index (χ1n) is 7.25. The van der Waals surface area contributed by atoms with Crippen LogP contribution in [-0.2, 0) is 6.54 Å². The fourth-order valence-corrected chi connectivity index (χ4v) is 3.23. The zero-order valence-corrected chi connectivity index (χ0v) is 12.2. The molecule has 0 amide bonds. The Morgan fingerprint density at radius 2 is 2.42 bits per heavy atom. The summed E-state index contributed by atoms with van der Waals surface area (Å²) in [6.45, 7) is 7.14. The molecule has 1 N–H and O–H groups in total. The quantitative estimate of drug-likeness (QED) is 0.885. The van der Waals surface area contributed by atoms with Crippen LogP contribution in [0.4, 0.5) is 0 Å². The van der Waals surface area contributed by atoms with Crippen LogP contribution in [0.3, 0.4) is 0 Å². The lowest BCUT2D eigenvalue weighted by Crippen LogP contribution is -2.50. The van der Waals surface area contributed by atoms with Crippen molar-refractivity contribution in [3.8, 4) is 6.07 Å². The summed E-state index contributed by atoms with van der Waals surface area (Å²) < 4.78 is 1.99. The van der Waals surface area contributed by atoms with Crippen LogP contribution in [-0.4, -0.2) is 21.4 Å². The van der Waals surface area contributed by atoms with Crippen LogP contribution >= 0.6 is 0 Å². The molecule has 1 saturated carbocycles. The Morgan fingerprint density at radius 3 is 3.00 bits per heavy atom. The van der Waals surface area contributed by atoms with E-state index in [1.54, 1.807) is 0 Å². The maximum atomic E-state index is 9.60. The highest BCUT2D eigenvalue weighted by atomic mass is 15.3. The van der Waals surface area contributed by atoms with Gasteiger partial charge in [-0.2, -0.15) is 10.4 Å². The molecule has 2 rings (SSSR count). The highest BCUT2D eigenvalue weighted by molar-refractivity contribution is 5.14. The summed E-state index contributed by atoms with van der Waals surface area (Å²) in [5.74, 6) is 0.435. The van der Waals surface area contributed by atoms with Gasteiger partial charge in [0.05, 0.1) is 11.8 Å². The largest absolute Gasteiger partial charge is 0.297 e. The van der Waals surface area contributed by atoms with Gasteiger partial charge in [-0.05, 0) is 52.0 Å². The van der Waals surface area contributed by atoms with Gasteiger partial charge in [0.2, 0.25) is 0 Å². The number of hydrogen-bond donors (Lipinski definition) is 1. The van der Waals surface area contributed by atoms with Crippen LogP contribution in [0.25, 0.3) is 0 Å². The van der Waals surface area contributed by atoms with Crippen molar-refractivity contribution in [1.29, 1.82) is 5.26 Å². The van der Waals surface area contributed by atoms with Crippen molar-refractivity contribution < 1.29 is 0 Å². The second kappa shape index (κ2) is 5.75. The van der Waals surface area contributed by atoms with Crippen molar-refractivity contribution in [3.05, 3.63) is 18.0 Å². The van der Waals surface area contributed by atoms with Gasteiger partial charge in [-0.3, -0.25) is 10.00 Å². The second-order valence-electron chi connectivity index (χ2n) is 5.98.